The first kappa shape index (κ1) is 14.3. The Morgan fingerprint density at radius 1 is 1.25 bits per heavy atom. The summed E-state index contributed by atoms with van der Waals surface area (Å²) in [5.41, 5.74) is 0.688. The second-order valence-corrected chi connectivity index (χ2v) is 4.55. The summed E-state index contributed by atoms with van der Waals surface area (Å²) in [6, 6.07) is 11.6. The Balaban J connectivity index is 1.82. The van der Waals surface area contributed by atoms with Crippen LogP contribution in [-0.4, -0.2) is 22.7 Å². The fourth-order valence-electron chi connectivity index (χ4n) is 1.59. The molecular weight excluding hydrogens is 278 g/mol. The Hall–Kier alpha value is -2.11. The molecule has 0 spiro atoms. The topological polar surface area (TPSA) is 74.2 Å². The van der Waals surface area contributed by atoms with Crippen molar-refractivity contribution in [3.8, 4) is 0 Å². The van der Waals surface area contributed by atoms with Crippen molar-refractivity contribution in [3.05, 3.63) is 59.2 Å². The van der Waals surface area contributed by atoms with Crippen LogP contribution in [0.15, 0.2) is 48.7 Å². The quantitative estimate of drug-likeness (QED) is 0.810. The Kier molecular flexibility index (Phi) is 4.92. The second kappa shape index (κ2) is 6.88. The SMILES string of the molecule is O=C(NCC(O)c1ccc(Cl)cc1)Nc1ccccn1. The van der Waals surface area contributed by atoms with Crippen LogP contribution in [0, 0.1) is 0 Å². The molecule has 3 N–H and O–H groups in total. The number of aliphatic hydroxyl groups excluding tert-OH is 1. The Labute approximate surface area is 121 Å². The van der Waals surface area contributed by atoms with Gasteiger partial charge >= 0.3 is 6.03 Å². The number of halogens is 1. The number of pyridine rings is 1. The molecule has 0 aliphatic heterocycles. The van der Waals surface area contributed by atoms with Crippen molar-refractivity contribution in [3.63, 3.8) is 0 Å². The number of carbonyl (C=O) groups excluding carboxylic acids is 1. The van der Waals surface area contributed by atoms with E-state index in [2.05, 4.69) is 15.6 Å². The number of nitrogens with one attached hydrogen (secondary N) is 2. The highest BCUT2D eigenvalue weighted by molar-refractivity contribution is 6.30. The van der Waals surface area contributed by atoms with E-state index in [9.17, 15) is 9.90 Å². The lowest BCUT2D eigenvalue weighted by Gasteiger charge is -2.12. The largest absolute Gasteiger partial charge is 0.387 e. The third kappa shape index (κ3) is 4.22. The summed E-state index contributed by atoms with van der Waals surface area (Å²) in [4.78, 5) is 15.6. The van der Waals surface area contributed by atoms with E-state index >= 15 is 0 Å². The molecule has 0 aliphatic carbocycles. The summed E-state index contributed by atoms with van der Waals surface area (Å²) in [6.07, 6.45) is 0.791. The zero-order valence-electron chi connectivity index (χ0n) is 10.6. The van der Waals surface area contributed by atoms with E-state index < -0.39 is 12.1 Å². The molecule has 1 unspecified atom stereocenters. The van der Waals surface area contributed by atoms with E-state index in [0.29, 0.717) is 16.4 Å². The van der Waals surface area contributed by atoms with Crippen LogP contribution in [0.25, 0.3) is 0 Å². The molecule has 0 radical (unpaired) electrons. The highest BCUT2D eigenvalue weighted by Gasteiger charge is 2.09. The molecule has 6 heteroatoms. The summed E-state index contributed by atoms with van der Waals surface area (Å²) in [5, 5.41) is 15.7. The average Bonchev–Trinajstić information content (AvgIpc) is 2.46. The molecule has 1 aromatic carbocycles. The minimum Gasteiger partial charge on any atom is -0.387 e. The van der Waals surface area contributed by atoms with E-state index in [1.807, 2.05) is 0 Å². The predicted molar refractivity (Wildman–Crippen MR) is 77.7 cm³/mol. The summed E-state index contributed by atoms with van der Waals surface area (Å²) in [7, 11) is 0. The monoisotopic (exact) mass is 291 g/mol. The van der Waals surface area contributed by atoms with E-state index in [4.69, 9.17) is 11.6 Å². The first-order chi connectivity index (χ1) is 9.65. The number of nitrogens with zero attached hydrogens (tertiary/aromatic N) is 1. The molecule has 0 saturated heterocycles. The molecule has 5 nitrogen and oxygen atoms in total. The molecule has 1 aromatic heterocycles. The van der Waals surface area contributed by atoms with Gasteiger partial charge in [0.2, 0.25) is 0 Å². The fraction of sp³-hybridized carbons (Fsp3) is 0.143. The van der Waals surface area contributed by atoms with E-state index in [0.717, 1.165) is 0 Å². The average molecular weight is 292 g/mol. The Morgan fingerprint density at radius 3 is 2.65 bits per heavy atom. The van der Waals surface area contributed by atoms with Gasteiger partial charge in [-0.25, -0.2) is 9.78 Å². The zero-order valence-corrected chi connectivity index (χ0v) is 11.3. The molecule has 2 aromatic rings. The smallest absolute Gasteiger partial charge is 0.320 e. The third-order valence-corrected chi connectivity index (χ3v) is 2.87. The third-order valence-electron chi connectivity index (χ3n) is 2.62. The number of rotatable bonds is 4. The van der Waals surface area contributed by atoms with Gasteiger partial charge in [-0.05, 0) is 29.8 Å². The molecule has 104 valence electrons. The van der Waals surface area contributed by atoms with Crippen molar-refractivity contribution in [2.24, 2.45) is 0 Å². The second-order valence-electron chi connectivity index (χ2n) is 4.12. The Morgan fingerprint density at radius 2 is 2.00 bits per heavy atom. The van der Waals surface area contributed by atoms with Crippen LogP contribution >= 0.6 is 11.6 Å². The van der Waals surface area contributed by atoms with Crippen LogP contribution in [-0.2, 0) is 0 Å². The lowest BCUT2D eigenvalue weighted by Crippen LogP contribution is -2.32. The standard InChI is InChI=1S/C14H14ClN3O2/c15-11-6-4-10(5-7-11)12(19)9-17-14(20)18-13-3-1-2-8-16-13/h1-8,12,19H,9H2,(H2,16,17,18,20). The maximum Gasteiger partial charge on any atom is 0.320 e. The van der Waals surface area contributed by atoms with Gasteiger partial charge in [0, 0.05) is 17.8 Å². The molecule has 0 fully saturated rings. The van der Waals surface area contributed by atoms with E-state index in [-0.39, 0.29) is 6.54 Å². The summed E-state index contributed by atoms with van der Waals surface area (Å²) in [5.74, 6) is 0.450. The van der Waals surface area contributed by atoms with E-state index in [1.165, 1.54) is 0 Å². The fourth-order valence-corrected chi connectivity index (χ4v) is 1.72. The van der Waals surface area contributed by atoms with Gasteiger partial charge in [-0.1, -0.05) is 29.8 Å². The number of anilines is 1. The number of carbonyl (C=O) groups is 1. The van der Waals surface area contributed by atoms with Crippen LogP contribution in [0.5, 0.6) is 0 Å². The van der Waals surface area contributed by atoms with Gasteiger partial charge in [-0.2, -0.15) is 0 Å². The number of benzene rings is 1. The normalized spacial score (nSPS) is 11.7. The molecule has 1 atom stereocenters. The van der Waals surface area contributed by atoms with Crippen LogP contribution < -0.4 is 10.6 Å². The van der Waals surface area contributed by atoms with Crippen LogP contribution in [0.3, 0.4) is 0 Å². The lowest BCUT2D eigenvalue weighted by molar-refractivity contribution is 0.175. The van der Waals surface area contributed by atoms with Gasteiger partial charge in [0.05, 0.1) is 6.10 Å². The molecule has 1 heterocycles. The highest BCUT2D eigenvalue weighted by Crippen LogP contribution is 2.15. The lowest BCUT2D eigenvalue weighted by atomic mass is 10.1. The molecule has 2 rings (SSSR count). The Bertz CT molecular complexity index is 560. The van der Waals surface area contributed by atoms with Gasteiger partial charge < -0.3 is 10.4 Å². The number of aliphatic hydroxyl groups is 1. The molecule has 0 aliphatic rings. The molecule has 20 heavy (non-hydrogen) atoms. The maximum absolute atomic E-state index is 11.6. The number of amides is 2. The van der Waals surface area contributed by atoms with Crippen molar-refractivity contribution in [2.45, 2.75) is 6.10 Å². The number of hydrogen-bond donors (Lipinski definition) is 3. The van der Waals surface area contributed by atoms with Crippen molar-refractivity contribution in [1.29, 1.82) is 0 Å². The predicted octanol–water partition coefficient (Wildman–Crippen LogP) is 2.59. The summed E-state index contributed by atoms with van der Waals surface area (Å²) < 4.78 is 0. The number of hydrogen-bond acceptors (Lipinski definition) is 3. The minimum atomic E-state index is -0.790. The zero-order chi connectivity index (χ0) is 14.4. The van der Waals surface area contributed by atoms with Crippen molar-refractivity contribution in [2.75, 3.05) is 11.9 Å². The van der Waals surface area contributed by atoms with Gasteiger partial charge in [-0.3, -0.25) is 5.32 Å². The van der Waals surface area contributed by atoms with Gasteiger partial charge in [0.1, 0.15) is 5.82 Å². The van der Waals surface area contributed by atoms with Crippen LogP contribution in [0.1, 0.15) is 11.7 Å². The molecule has 0 bridgehead atoms. The molecule has 0 saturated carbocycles. The summed E-state index contributed by atoms with van der Waals surface area (Å²) >= 11 is 5.77. The van der Waals surface area contributed by atoms with Crippen molar-refractivity contribution >= 4 is 23.4 Å². The van der Waals surface area contributed by atoms with Gasteiger partial charge in [-0.15, -0.1) is 0 Å². The van der Waals surface area contributed by atoms with Gasteiger partial charge in [0.25, 0.3) is 0 Å². The number of urea groups is 1. The minimum absolute atomic E-state index is 0.0975. The molecule has 2 amide bonds. The van der Waals surface area contributed by atoms with E-state index in [1.54, 1.807) is 48.7 Å². The van der Waals surface area contributed by atoms with Crippen LogP contribution in [0.4, 0.5) is 10.6 Å². The first-order valence-corrected chi connectivity index (χ1v) is 6.42. The van der Waals surface area contributed by atoms with Crippen LogP contribution in [0.2, 0.25) is 5.02 Å². The summed E-state index contributed by atoms with van der Waals surface area (Å²) in [6.45, 7) is 0.0975. The number of aromatic nitrogens is 1. The molecular formula is C14H14ClN3O2. The van der Waals surface area contributed by atoms with Gasteiger partial charge in [0.15, 0.2) is 0 Å². The first-order valence-electron chi connectivity index (χ1n) is 6.04. The maximum atomic E-state index is 11.6. The highest BCUT2D eigenvalue weighted by atomic mass is 35.5. The van der Waals surface area contributed by atoms with Crippen molar-refractivity contribution in [1.82, 2.24) is 10.3 Å². The van der Waals surface area contributed by atoms with Crippen molar-refractivity contribution < 1.29 is 9.90 Å².